The van der Waals surface area contributed by atoms with Gasteiger partial charge in [-0.2, -0.15) is 0 Å². The highest BCUT2D eigenvalue weighted by Gasteiger charge is 2.49. The lowest BCUT2D eigenvalue weighted by Gasteiger charge is -2.48. The molecule has 3 aromatic rings. The normalized spacial score (nSPS) is 17.4. The van der Waals surface area contributed by atoms with E-state index in [0.29, 0.717) is 43.9 Å². The maximum absolute atomic E-state index is 13.6. The highest BCUT2D eigenvalue weighted by molar-refractivity contribution is 6.03. The fraction of sp³-hybridized carbons (Fsp3) is 0.424. The molecule has 6 nitrogen and oxygen atoms in total. The number of hydrogen-bond donors (Lipinski definition) is 2. The molecule has 1 fully saturated rings. The second kappa shape index (κ2) is 14.3. The molecule has 0 aromatic heterocycles. The van der Waals surface area contributed by atoms with E-state index in [0.717, 1.165) is 48.2 Å². The van der Waals surface area contributed by atoms with Gasteiger partial charge in [-0.15, -0.1) is 0 Å². The molecule has 0 saturated carbocycles. The topological polar surface area (TPSA) is 85.0 Å². The summed E-state index contributed by atoms with van der Waals surface area (Å²) in [6.07, 6.45) is 4.00. The van der Waals surface area contributed by atoms with Gasteiger partial charge < -0.3 is 25.2 Å². The predicted octanol–water partition coefficient (Wildman–Crippen LogP) is 6.86. The molecule has 0 spiro atoms. The van der Waals surface area contributed by atoms with Crippen molar-refractivity contribution in [3.63, 3.8) is 0 Å². The molecule has 0 bridgehead atoms. The van der Waals surface area contributed by atoms with Gasteiger partial charge in [-0.25, -0.2) is 4.39 Å². The van der Waals surface area contributed by atoms with Crippen molar-refractivity contribution in [3.05, 3.63) is 89.2 Å². The summed E-state index contributed by atoms with van der Waals surface area (Å²) < 4.78 is 25.6. The first kappa shape index (κ1) is 29.6. The maximum Gasteiger partial charge on any atom is 0.233 e. The minimum Gasteiger partial charge on any atom is -0.493 e. The first-order valence-electron chi connectivity index (χ1n) is 14.4. The monoisotopic (exact) mass is 548 g/mol. The molecule has 0 radical (unpaired) electrons. The van der Waals surface area contributed by atoms with E-state index in [1.165, 1.54) is 12.1 Å². The Morgan fingerprint density at radius 1 is 0.950 bits per heavy atom. The third-order valence-corrected chi connectivity index (χ3v) is 7.50. The molecule has 3 aromatic carbocycles. The number of hydrogen-bond acceptors (Lipinski definition) is 5. The molecule has 40 heavy (non-hydrogen) atoms. The smallest absolute Gasteiger partial charge is 0.233 e. The molecule has 214 valence electrons. The Bertz CT molecular complexity index is 1230. The van der Waals surface area contributed by atoms with E-state index < -0.39 is 6.10 Å². The summed E-state index contributed by atoms with van der Waals surface area (Å²) >= 11 is 0. The Labute approximate surface area is 236 Å². The first-order chi connectivity index (χ1) is 19.5. The molecule has 1 saturated heterocycles. The van der Waals surface area contributed by atoms with E-state index in [9.17, 15) is 14.3 Å². The zero-order chi connectivity index (χ0) is 28.5. The number of amides is 1. The SMILES string of the molecule is CCCCOc1ccc([C@@H]2[C@@H](CC[C@H](O)c3ccc(F)cc3)C(=O)N2c2ccc(CN)cc2)c(OCCCC)c1. The largest absolute Gasteiger partial charge is 0.493 e. The second-order valence-electron chi connectivity index (χ2n) is 10.4. The predicted molar refractivity (Wildman–Crippen MR) is 156 cm³/mol. The van der Waals surface area contributed by atoms with Crippen LogP contribution in [0.5, 0.6) is 11.5 Å². The first-order valence-corrected chi connectivity index (χ1v) is 14.4. The zero-order valence-electron chi connectivity index (χ0n) is 23.5. The van der Waals surface area contributed by atoms with Crippen LogP contribution in [0.2, 0.25) is 0 Å². The molecule has 3 N–H and O–H groups in total. The Hall–Kier alpha value is -3.42. The molecule has 7 heteroatoms. The number of ether oxygens (including phenoxy) is 2. The summed E-state index contributed by atoms with van der Waals surface area (Å²) in [6, 6.07) is 19.2. The van der Waals surface area contributed by atoms with Crippen molar-refractivity contribution in [2.45, 2.75) is 71.1 Å². The van der Waals surface area contributed by atoms with Gasteiger partial charge in [-0.3, -0.25) is 4.79 Å². The average Bonchev–Trinajstić information content (AvgIpc) is 2.97. The molecule has 4 rings (SSSR count). The quantitative estimate of drug-likeness (QED) is 0.160. The van der Waals surface area contributed by atoms with Crippen molar-refractivity contribution in [3.8, 4) is 11.5 Å². The van der Waals surface area contributed by atoms with E-state index in [2.05, 4.69) is 13.8 Å². The Kier molecular flexibility index (Phi) is 10.6. The van der Waals surface area contributed by atoms with Crippen LogP contribution < -0.4 is 20.1 Å². The van der Waals surface area contributed by atoms with Crippen LogP contribution in [0.25, 0.3) is 0 Å². The van der Waals surface area contributed by atoms with Crippen LogP contribution in [0, 0.1) is 11.7 Å². The Balaban J connectivity index is 1.63. The van der Waals surface area contributed by atoms with Crippen LogP contribution in [-0.4, -0.2) is 24.2 Å². The Morgan fingerprint density at radius 3 is 2.27 bits per heavy atom. The number of carbonyl (C=O) groups excluding carboxylic acids is 1. The molecular formula is C33H41FN2O4. The third kappa shape index (κ3) is 7.01. The lowest BCUT2D eigenvalue weighted by molar-refractivity contribution is -0.131. The number of nitrogens with zero attached hydrogens (tertiary/aromatic N) is 1. The van der Waals surface area contributed by atoms with Gasteiger partial charge in [0.2, 0.25) is 5.91 Å². The fourth-order valence-corrected chi connectivity index (χ4v) is 5.09. The van der Waals surface area contributed by atoms with Gasteiger partial charge in [0.15, 0.2) is 0 Å². The van der Waals surface area contributed by atoms with Crippen molar-refractivity contribution in [2.24, 2.45) is 11.7 Å². The van der Waals surface area contributed by atoms with Crippen molar-refractivity contribution >= 4 is 11.6 Å². The molecule has 1 amide bonds. The number of unbranched alkanes of at least 4 members (excludes halogenated alkanes) is 2. The average molecular weight is 549 g/mol. The minimum atomic E-state index is -0.790. The van der Waals surface area contributed by atoms with Crippen LogP contribution in [0.4, 0.5) is 10.1 Å². The van der Waals surface area contributed by atoms with Crippen molar-refractivity contribution in [1.29, 1.82) is 0 Å². The molecule has 1 heterocycles. The Morgan fingerprint density at radius 2 is 1.62 bits per heavy atom. The van der Waals surface area contributed by atoms with Crippen molar-refractivity contribution in [1.82, 2.24) is 0 Å². The zero-order valence-corrected chi connectivity index (χ0v) is 23.5. The number of anilines is 1. The van der Waals surface area contributed by atoms with Crippen molar-refractivity contribution in [2.75, 3.05) is 18.1 Å². The van der Waals surface area contributed by atoms with Crippen LogP contribution in [-0.2, 0) is 11.3 Å². The lowest BCUT2D eigenvalue weighted by Crippen LogP contribution is -2.55. The van der Waals surface area contributed by atoms with E-state index in [1.807, 2.05) is 47.4 Å². The highest BCUT2D eigenvalue weighted by atomic mass is 19.1. The van der Waals surface area contributed by atoms with E-state index >= 15 is 0 Å². The maximum atomic E-state index is 13.6. The van der Waals surface area contributed by atoms with Gasteiger partial charge in [-0.1, -0.05) is 51.0 Å². The van der Waals surface area contributed by atoms with E-state index in [4.69, 9.17) is 15.2 Å². The van der Waals surface area contributed by atoms with E-state index in [1.54, 1.807) is 12.1 Å². The van der Waals surface area contributed by atoms with Gasteiger partial charge in [0.1, 0.15) is 17.3 Å². The molecule has 0 unspecified atom stereocenters. The van der Waals surface area contributed by atoms with Crippen LogP contribution in [0.15, 0.2) is 66.7 Å². The van der Waals surface area contributed by atoms with Crippen LogP contribution in [0.3, 0.4) is 0 Å². The number of aliphatic hydroxyl groups is 1. The summed E-state index contributed by atoms with van der Waals surface area (Å²) in [4.78, 5) is 15.4. The lowest BCUT2D eigenvalue weighted by atomic mass is 9.78. The van der Waals surface area contributed by atoms with Gasteiger partial charge in [0.05, 0.1) is 31.3 Å². The van der Waals surface area contributed by atoms with Gasteiger partial charge in [0, 0.05) is 23.9 Å². The summed E-state index contributed by atoms with van der Waals surface area (Å²) in [5.41, 5.74) is 9.14. The molecule has 1 aliphatic heterocycles. The number of rotatable bonds is 15. The summed E-state index contributed by atoms with van der Waals surface area (Å²) in [5, 5.41) is 10.8. The number of benzene rings is 3. The van der Waals surface area contributed by atoms with Crippen LogP contribution in [0.1, 0.15) is 81.2 Å². The summed E-state index contributed by atoms with van der Waals surface area (Å²) in [6.45, 7) is 5.88. The summed E-state index contributed by atoms with van der Waals surface area (Å²) in [7, 11) is 0. The third-order valence-electron chi connectivity index (χ3n) is 7.50. The number of β-lactam (4-membered cyclic amide) rings is 1. The van der Waals surface area contributed by atoms with Crippen LogP contribution >= 0.6 is 0 Å². The molecule has 3 atom stereocenters. The second-order valence-corrected chi connectivity index (χ2v) is 10.4. The van der Waals surface area contributed by atoms with Gasteiger partial charge in [0.25, 0.3) is 0 Å². The molecule has 0 aliphatic carbocycles. The standard InChI is InChI=1S/C33H41FN2O4/c1-3-5-19-39-27-15-16-28(31(21-27)40-20-6-4-2)32-29(17-18-30(37)24-9-11-25(34)12-10-24)33(38)36(32)26-13-7-23(22-35)8-14-26/h7-16,21,29-30,32,37H,3-6,17-20,22,35H2,1-2H3/t29-,30+,32-/m1/s1. The van der Waals surface area contributed by atoms with E-state index in [-0.39, 0.29) is 23.7 Å². The number of nitrogens with two attached hydrogens (primary N) is 1. The fourth-order valence-electron chi connectivity index (χ4n) is 5.09. The number of carbonyl (C=O) groups is 1. The number of halogens is 1. The van der Waals surface area contributed by atoms with Gasteiger partial charge in [-0.05, 0) is 73.2 Å². The minimum absolute atomic E-state index is 0.000384. The highest BCUT2D eigenvalue weighted by Crippen LogP contribution is 2.49. The van der Waals surface area contributed by atoms with Crippen molar-refractivity contribution < 1.29 is 23.8 Å². The number of aliphatic hydroxyl groups excluding tert-OH is 1. The summed E-state index contributed by atoms with van der Waals surface area (Å²) in [5.74, 6) is 0.771. The molecule has 1 aliphatic rings. The molecular weight excluding hydrogens is 507 g/mol. The van der Waals surface area contributed by atoms with Gasteiger partial charge >= 0.3 is 0 Å².